The van der Waals surface area contributed by atoms with E-state index < -0.39 is 0 Å². The van der Waals surface area contributed by atoms with E-state index in [1.54, 1.807) is 7.11 Å². The molecule has 1 fully saturated rings. The molecule has 1 aliphatic rings. The Labute approximate surface area is 159 Å². The Morgan fingerprint density at radius 2 is 2.29 bits per heavy atom. The molecule has 24 heavy (non-hydrogen) atoms. The van der Waals surface area contributed by atoms with Crippen molar-refractivity contribution in [2.24, 2.45) is 11.8 Å². The maximum Gasteiger partial charge on any atom is 0.226 e. The van der Waals surface area contributed by atoms with Gasteiger partial charge in [0.25, 0.3) is 0 Å². The molecule has 0 aromatic heterocycles. The summed E-state index contributed by atoms with van der Waals surface area (Å²) in [5.74, 6) is 0.858. The molecule has 2 atom stereocenters. The van der Waals surface area contributed by atoms with Crippen LogP contribution in [0.3, 0.4) is 0 Å². The lowest BCUT2D eigenvalue weighted by Crippen LogP contribution is -2.36. The summed E-state index contributed by atoms with van der Waals surface area (Å²) in [5, 5.41) is 3.22. The van der Waals surface area contributed by atoms with E-state index in [1.807, 2.05) is 24.1 Å². The fourth-order valence-electron chi connectivity index (χ4n) is 3.27. The molecule has 1 aliphatic heterocycles. The Morgan fingerprint density at radius 1 is 1.50 bits per heavy atom. The van der Waals surface area contributed by atoms with Crippen LogP contribution in [0.1, 0.15) is 18.4 Å². The number of hydrogen-bond donors (Lipinski definition) is 1. The standard InChI is InChI=1S/C18H27BrN2O2.ClH/c1-20-12-15-6-8-21(13-15)18(22)16(7-9-23-2)10-14-4-3-5-17(19)11-14;/h3-5,11,15-16,20H,6-10,12-13H2,1-2H3;1H. The molecule has 1 aromatic rings. The number of rotatable bonds is 8. The molecular formula is C18H28BrClN2O2. The van der Waals surface area contributed by atoms with Crippen molar-refractivity contribution in [3.63, 3.8) is 0 Å². The van der Waals surface area contributed by atoms with E-state index >= 15 is 0 Å². The van der Waals surface area contributed by atoms with Gasteiger partial charge < -0.3 is 15.0 Å². The number of ether oxygens (including phenoxy) is 1. The van der Waals surface area contributed by atoms with Gasteiger partial charge in [-0.25, -0.2) is 0 Å². The largest absolute Gasteiger partial charge is 0.385 e. The van der Waals surface area contributed by atoms with Crippen molar-refractivity contribution >= 4 is 34.2 Å². The van der Waals surface area contributed by atoms with Gasteiger partial charge in [-0.2, -0.15) is 0 Å². The van der Waals surface area contributed by atoms with Gasteiger partial charge in [0, 0.05) is 37.2 Å². The minimum Gasteiger partial charge on any atom is -0.385 e. The summed E-state index contributed by atoms with van der Waals surface area (Å²) in [6.45, 7) is 3.37. The van der Waals surface area contributed by atoms with Crippen LogP contribution in [-0.4, -0.2) is 51.2 Å². The quantitative estimate of drug-likeness (QED) is 0.704. The number of amides is 1. The lowest BCUT2D eigenvalue weighted by Gasteiger charge is -2.24. The lowest BCUT2D eigenvalue weighted by atomic mass is 9.95. The van der Waals surface area contributed by atoms with Crippen LogP contribution in [0.4, 0.5) is 0 Å². The summed E-state index contributed by atoms with van der Waals surface area (Å²) in [6.07, 6.45) is 2.64. The average Bonchev–Trinajstić information content (AvgIpc) is 3.00. The topological polar surface area (TPSA) is 41.6 Å². The molecule has 1 saturated heterocycles. The molecule has 1 amide bonds. The van der Waals surface area contributed by atoms with E-state index in [0.717, 1.165) is 43.4 Å². The molecule has 6 heteroatoms. The minimum atomic E-state index is -0.00224. The van der Waals surface area contributed by atoms with Crippen molar-refractivity contribution in [3.8, 4) is 0 Å². The van der Waals surface area contributed by atoms with Gasteiger partial charge in [-0.15, -0.1) is 12.4 Å². The van der Waals surface area contributed by atoms with Crippen LogP contribution in [0.2, 0.25) is 0 Å². The smallest absolute Gasteiger partial charge is 0.226 e. The average molecular weight is 420 g/mol. The van der Waals surface area contributed by atoms with Crippen LogP contribution in [0, 0.1) is 11.8 Å². The normalized spacial score (nSPS) is 18.3. The number of halogens is 2. The molecule has 2 unspecified atom stereocenters. The molecule has 0 radical (unpaired) electrons. The Balaban J connectivity index is 0.00000288. The molecule has 4 nitrogen and oxygen atoms in total. The van der Waals surface area contributed by atoms with Crippen LogP contribution in [-0.2, 0) is 16.0 Å². The van der Waals surface area contributed by atoms with Gasteiger partial charge in [0.2, 0.25) is 5.91 Å². The van der Waals surface area contributed by atoms with E-state index in [-0.39, 0.29) is 24.2 Å². The number of nitrogens with zero attached hydrogens (tertiary/aromatic N) is 1. The number of likely N-dealkylation sites (tertiary alicyclic amines) is 1. The summed E-state index contributed by atoms with van der Waals surface area (Å²) in [7, 11) is 3.67. The molecule has 0 aliphatic carbocycles. The highest BCUT2D eigenvalue weighted by molar-refractivity contribution is 9.10. The number of nitrogens with one attached hydrogen (secondary N) is 1. The highest BCUT2D eigenvalue weighted by Crippen LogP contribution is 2.23. The van der Waals surface area contributed by atoms with E-state index in [4.69, 9.17) is 4.74 Å². The van der Waals surface area contributed by atoms with Crippen molar-refractivity contribution < 1.29 is 9.53 Å². The molecule has 0 spiro atoms. The summed E-state index contributed by atoms with van der Waals surface area (Å²) >= 11 is 3.51. The summed E-state index contributed by atoms with van der Waals surface area (Å²) in [5.41, 5.74) is 1.19. The second-order valence-electron chi connectivity index (χ2n) is 6.31. The van der Waals surface area contributed by atoms with Crippen LogP contribution in [0.5, 0.6) is 0 Å². The molecule has 0 saturated carbocycles. The third-order valence-corrected chi connectivity index (χ3v) is 4.97. The Bertz CT molecular complexity index is 516. The highest BCUT2D eigenvalue weighted by Gasteiger charge is 2.30. The Hall–Kier alpha value is -0.620. The van der Waals surface area contributed by atoms with Crippen LogP contribution in [0.25, 0.3) is 0 Å². The first-order chi connectivity index (χ1) is 11.1. The zero-order chi connectivity index (χ0) is 16.7. The third kappa shape index (κ3) is 6.36. The monoisotopic (exact) mass is 418 g/mol. The number of methoxy groups -OCH3 is 1. The van der Waals surface area contributed by atoms with Crippen molar-refractivity contribution in [2.75, 3.05) is 40.4 Å². The Morgan fingerprint density at radius 3 is 2.96 bits per heavy atom. The zero-order valence-corrected chi connectivity index (χ0v) is 16.9. The predicted molar refractivity (Wildman–Crippen MR) is 104 cm³/mol. The zero-order valence-electron chi connectivity index (χ0n) is 14.5. The summed E-state index contributed by atoms with van der Waals surface area (Å²) < 4.78 is 6.27. The van der Waals surface area contributed by atoms with Gasteiger partial charge >= 0.3 is 0 Å². The van der Waals surface area contributed by atoms with Crippen molar-refractivity contribution in [1.29, 1.82) is 0 Å². The first kappa shape index (κ1) is 21.4. The SMILES string of the molecule is CNCC1CCN(C(=O)C(CCOC)Cc2cccc(Br)c2)C1.Cl. The fraction of sp³-hybridized carbons (Fsp3) is 0.611. The van der Waals surface area contributed by atoms with Gasteiger partial charge in [0.05, 0.1) is 0 Å². The van der Waals surface area contributed by atoms with E-state index in [0.29, 0.717) is 12.5 Å². The van der Waals surface area contributed by atoms with Crippen molar-refractivity contribution in [2.45, 2.75) is 19.3 Å². The highest BCUT2D eigenvalue weighted by atomic mass is 79.9. The summed E-state index contributed by atoms with van der Waals surface area (Å²) in [4.78, 5) is 15.0. The second kappa shape index (κ2) is 11.1. The third-order valence-electron chi connectivity index (χ3n) is 4.48. The first-order valence-electron chi connectivity index (χ1n) is 8.30. The van der Waals surface area contributed by atoms with Crippen molar-refractivity contribution in [3.05, 3.63) is 34.3 Å². The van der Waals surface area contributed by atoms with Crippen molar-refractivity contribution in [1.82, 2.24) is 10.2 Å². The number of hydrogen-bond acceptors (Lipinski definition) is 3. The summed E-state index contributed by atoms with van der Waals surface area (Å²) in [6, 6.07) is 8.22. The maximum atomic E-state index is 12.9. The van der Waals surface area contributed by atoms with E-state index in [9.17, 15) is 4.79 Å². The fourth-order valence-corrected chi connectivity index (χ4v) is 3.71. The molecule has 1 heterocycles. The molecule has 2 rings (SSSR count). The number of benzene rings is 1. The Kier molecular flexibility index (Phi) is 9.89. The molecule has 136 valence electrons. The van der Waals surface area contributed by atoms with Crippen LogP contribution in [0.15, 0.2) is 28.7 Å². The molecule has 1 N–H and O–H groups in total. The lowest BCUT2D eigenvalue weighted by molar-refractivity contribution is -0.135. The second-order valence-corrected chi connectivity index (χ2v) is 7.22. The predicted octanol–water partition coefficient (Wildman–Crippen LogP) is 3.13. The van der Waals surface area contributed by atoms with Gasteiger partial charge in [-0.3, -0.25) is 4.79 Å². The van der Waals surface area contributed by atoms with E-state index in [1.165, 1.54) is 5.56 Å². The van der Waals surface area contributed by atoms with Gasteiger partial charge in [0.15, 0.2) is 0 Å². The molecule has 0 bridgehead atoms. The maximum absolute atomic E-state index is 12.9. The van der Waals surface area contributed by atoms with Gasteiger partial charge in [-0.05, 0) is 56.5 Å². The van der Waals surface area contributed by atoms with Crippen LogP contribution < -0.4 is 5.32 Å². The minimum absolute atomic E-state index is 0. The van der Waals surface area contributed by atoms with Gasteiger partial charge in [0.1, 0.15) is 0 Å². The number of carbonyl (C=O) groups is 1. The van der Waals surface area contributed by atoms with Crippen LogP contribution >= 0.6 is 28.3 Å². The van der Waals surface area contributed by atoms with E-state index in [2.05, 4.69) is 33.4 Å². The van der Waals surface area contributed by atoms with Gasteiger partial charge in [-0.1, -0.05) is 28.1 Å². The molecule has 1 aromatic carbocycles. The first-order valence-corrected chi connectivity index (χ1v) is 9.10. The number of carbonyl (C=O) groups excluding carboxylic acids is 1. The molecular weight excluding hydrogens is 392 g/mol.